The number of aromatic nitrogens is 2. The number of esters is 1. The molecule has 0 fully saturated rings. The Morgan fingerprint density at radius 1 is 0.949 bits per heavy atom. The normalized spacial score (nSPS) is 12.7. The minimum Gasteiger partial charge on any atom is -0.497 e. The summed E-state index contributed by atoms with van der Waals surface area (Å²) in [6, 6.07) is 25.0. The van der Waals surface area contributed by atoms with E-state index in [9.17, 15) is 9.59 Å². The summed E-state index contributed by atoms with van der Waals surface area (Å²) >= 11 is 0. The van der Waals surface area contributed by atoms with Crippen LogP contribution in [0.4, 0.5) is 5.69 Å². The van der Waals surface area contributed by atoms with Crippen molar-refractivity contribution in [3.05, 3.63) is 101 Å². The number of amides is 1. The number of nitrogens with zero attached hydrogens (tertiary/aromatic N) is 3. The summed E-state index contributed by atoms with van der Waals surface area (Å²) in [5.74, 6) is 0.808. The van der Waals surface area contributed by atoms with Crippen LogP contribution in [0.5, 0.6) is 11.5 Å². The van der Waals surface area contributed by atoms with Gasteiger partial charge in [0.25, 0.3) is 5.91 Å². The zero-order valence-electron chi connectivity index (χ0n) is 22.1. The van der Waals surface area contributed by atoms with Crippen molar-refractivity contribution in [1.82, 2.24) is 9.78 Å². The smallest absolute Gasteiger partial charge is 0.359 e. The van der Waals surface area contributed by atoms with Gasteiger partial charge in [0.1, 0.15) is 17.2 Å². The van der Waals surface area contributed by atoms with Gasteiger partial charge in [-0.2, -0.15) is 5.10 Å². The molecule has 0 N–H and O–H groups in total. The summed E-state index contributed by atoms with van der Waals surface area (Å²) in [6.07, 6.45) is 2.16. The Balaban J connectivity index is 1.38. The number of fused-ring (bicyclic) bond motifs is 1. The summed E-state index contributed by atoms with van der Waals surface area (Å²) < 4.78 is 17.9. The number of rotatable bonds is 10. The van der Waals surface area contributed by atoms with Crippen molar-refractivity contribution in [3.63, 3.8) is 0 Å². The highest BCUT2D eigenvalue weighted by Gasteiger charge is 2.35. The predicted molar refractivity (Wildman–Crippen MR) is 148 cm³/mol. The van der Waals surface area contributed by atoms with Gasteiger partial charge in [0.05, 0.1) is 26.0 Å². The fraction of sp³-hybridized carbons (Fsp3) is 0.258. The van der Waals surface area contributed by atoms with E-state index in [0.717, 1.165) is 29.8 Å². The van der Waals surface area contributed by atoms with Crippen LogP contribution < -0.4 is 14.4 Å². The number of benzene rings is 3. The average Bonchev–Trinajstić information content (AvgIpc) is 3.37. The van der Waals surface area contributed by atoms with E-state index in [1.165, 1.54) is 0 Å². The number of ether oxygens (including phenoxy) is 3. The van der Waals surface area contributed by atoms with E-state index in [4.69, 9.17) is 14.2 Å². The van der Waals surface area contributed by atoms with Crippen molar-refractivity contribution in [3.8, 4) is 17.2 Å². The molecule has 0 unspecified atom stereocenters. The first kappa shape index (κ1) is 26.0. The first-order chi connectivity index (χ1) is 19.1. The lowest BCUT2D eigenvalue weighted by Crippen LogP contribution is -2.39. The largest absolute Gasteiger partial charge is 0.497 e. The fourth-order valence-corrected chi connectivity index (χ4v) is 4.74. The highest BCUT2D eigenvalue weighted by molar-refractivity contribution is 6.09. The molecule has 3 aromatic carbocycles. The van der Waals surface area contributed by atoms with Gasteiger partial charge in [0.2, 0.25) is 0 Å². The Morgan fingerprint density at radius 3 is 2.49 bits per heavy atom. The van der Waals surface area contributed by atoms with Crippen LogP contribution in [-0.2, 0) is 17.6 Å². The zero-order chi connectivity index (χ0) is 27.2. The van der Waals surface area contributed by atoms with Crippen LogP contribution in [0.1, 0.15) is 45.4 Å². The van der Waals surface area contributed by atoms with E-state index in [2.05, 4.69) is 11.2 Å². The van der Waals surface area contributed by atoms with Gasteiger partial charge in [-0.1, -0.05) is 30.3 Å². The summed E-state index contributed by atoms with van der Waals surface area (Å²) in [6.45, 7) is 3.02. The third-order valence-corrected chi connectivity index (χ3v) is 6.65. The molecule has 1 aliphatic heterocycles. The number of hydrogen-bond acceptors (Lipinski definition) is 6. The molecule has 4 aromatic rings. The van der Waals surface area contributed by atoms with Gasteiger partial charge in [-0.05, 0) is 80.3 Å². The number of hydrogen-bond donors (Lipinski definition) is 0. The molecular weight excluding hydrogens is 494 g/mol. The zero-order valence-corrected chi connectivity index (χ0v) is 22.1. The van der Waals surface area contributed by atoms with Crippen LogP contribution in [0.3, 0.4) is 0 Å². The van der Waals surface area contributed by atoms with E-state index in [1.54, 1.807) is 35.7 Å². The van der Waals surface area contributed by atoms with E-state index < -0.39 is 5.97 Å². The Morgan fingerprint density at radius 2 is 1.74 bits per heavy atom. The number of para-hydroxylation sites is 1. The van der Waals surface area contributed by atoms with E-state index >= 15 is 0 Å². The monoisotopic (exact) mass is 525 g/mol. The van der Waals surface area contributed by atoms with Crippen LogP contribution in [0, 0.1) is 0 Å². The number of methoxy groups -OCH3 is 1. The Kier molecular flexibility index (Phi) is 7.91. The molecule has 2 heterocycles. The van der Waals surface area contributed by atoms with Crippen molar-refractivity contribution < 1.29 is 23.8 Å². The molecule has 0 atom stereocenters. The standard InChI is InChI=1S/C31H31N3O5/c1-3-38-31(36)28-27-18-19-33(30(35)29(27)34(32-28)23-14-16-25(37-2)17-15-23)24-11-7-9-22(21-24)10-8-20-39-26-12-5-4-6-13-26/h4-7,9,11-17,21H,3,8,10,18-20H2,1-2H3. The van der Waals surface area contributed by atoms with Crippen LogP contribution in [0.25, 0.3) is 5.69 Å². The first-order valence-corrected chi connectivity index (χ1v) is 13.1. The van der Waals surface area contributed by atoms with Gasteiger partial charge >= 0.3 is 5.97 Å². The molecule has 39 heavy (non-hydrogen) atoms. The molecule has 200 valence electrons. The van der Waals surface area contributed by atoms with Gasteiger partial charge in [-0.3, -0.25) is 4.79 Å². The van der Waals surface area contributed by atoms with Gasteiger partial charge in [0, 0.05) is 17.8 Å². The first-order valence-electron chi connectivity index (χ1n) is 13.1. The highest BCUT2D eigenvalue weighted by Crippen LogP contribution is 2.30. The Bertz CT molecular complexity index is 1450. The van der Waals surface area contributed by atoms with E-state index in [-0.39, 0.29) is 18.2 Å². The lowest BCUT2D eigenvalue weighted by Gasteiger charge is -2.28. The third kappa shape index (κ3) is 5.65. The molecular formula is C31H31N3O5. The minimum absolute atomic E-state index is 0.183. The summed E-state index contributed by atoms with van der Waals surface area (Å²) in [5.41, 5.74) is 3.76. The second-order valence-corrected chi connectivity index (χ2v) is 9.15. The maximum Gasteiger partial charge on any atom is 0.359 e. The van der Waals surface area contributed by atoms with Crippen LogP contribution >= 0.6 is 0 Å². The summed E-state index contributed by atoms with van der Waals surface area (Å²) in [7, 11) is 1.59. The highest BCUT2D eigenvalue weighted by atomic mass is 16.5. The Labute approximate surface area is 227 Å². The molecule has 8 nitrogen and oxygen atoms in total. The summed E-state index contributed by atoms with van der Waals surface area (Å²) in [4.78, 5) is 28.4. The predicted octanol–water partition coefficient (Wildman–Crippen LogP) is 5.27. The SMILES string of the molecule is CCOC(=O)c1nn(-c2ccc(OC)cc2)c2c1CCN(c1cccc(CCCOc3ccccc3)c1)C2=O. The number of carbonyl (C=O) groups is 2. The topological polar surface area (TPSA) is 82.9 Å². The van der Waals surface area contributed by atoms with Gasteiger partial charge in [0.15, 0.2) is 5.69 Å². The molecule has 0 spiro atoms. The molecule has 5 rings (SSSR count). The molecule has 0 aliphatic carbocycles. The van der Waals surface area contributed by atoms with Gasteiger partial charge in [-0.15, -0.1) is 0 Å². The van der Waals surface area contributed by atoms with Gasteiger partial charge in [-0.25, -0.2) is 9.48 Å². The number of anilines is 1. The molecule has 0 bridgehead atoms. The van der Waals surface area contributed by atoms with E-state index in [1.807, 2.05) is 60.7 Å². The van der Waals surface area contributed by atoms with Crippen molar-refractivity contribution in [1.29, 1.82) is 0 Å². The van der Waals surface area contributed by atoms with Gasteiger partial charge < -0.3 is 19.1 Å². The maximum atomic E-state index is 13.9. The van der Waals surface area contributed by atoms with Crippen molar-refractivity contribution in [2.45, 2.75) is 26.2 Å². The number of aryl methyl sites for hydroxylation is 1. The van der Waals surface area contributed by atoms with Crippen molar-refractivity contribution >= 4 is 17.6 Å². The quantitative estimate of drug-likeness (QED) is 0.207. The Hall–Kier alpha value is -4.59. The molecule has 1 aliphatic rings. The van der Waals surface area contributed by atoms with Crippen LogP contribution in [0.2, 0.25) is 0 Å². The second kappa shape index (κ2) is 11.9. The molecule has 8 heteroatoms. The van der Waals surface area contributed by atoms with Crippen molar-refractivity contribution in [2.24, 2.45) is 0 Å². The fourth-order valence-electron chi connectivity index (χ4n) is 4.74. The second-order valence-electron chi connectivity index (χ2n) is 9.15. The lowest BCUT2D eigenvalue weighted by molar-refractivity contribution is 0.0517. The third-order valence-electron chi connectivity index (χ3n) is 6.65. The van der Waals surface area contributed by atoms with Crippen LogP contribution in [0.15, 0.2) is 78.9 Å². The molecule has 0 radical (unpaired) electrons. The number of carbonyl (C=O) groups excluding carboxylic acids is 2. The lowest BCUT2D eigenvalue weighted by atomic mass is 10.0. The summed E-state index contributed by atoms with van der Waals surface area (Å²) in [5, 5.41) is 4.55. The average molecular weight is 526 g/mol. The minimum atomic E-state index is -0.526. The molecule has 1 amide bonds. The molecule has 1 aromatic heterocycles. The van der Waals surface area contributed by atoms with E-state index in [0.29, 0.717) is 42.3 Å². The molecule has 0 saturated heterocycles. The maximum absolute atomic E-state index is 13.9. The molecule has 0 saturated carbocycles. The van der Waals surface area contributed by atoms with Crippen LogP contribution in [-0.4, -0.2) is 48.5 Å². The van der Waals surface area contributed by atoms with Crippen molar-refractivity contribution in [2.75, 3.05) is 31.8 Å².